The van der Waals surface area contributed by atoms with Gasteiger partial charge in [-0.1, -0.05) is 29.8 Å². The van der Waals surface area contributed by atoms with Crippen molar-refractivity contribution in [2.45, 2.75) is 32.2 Å². The molecule has 1 nitrogen and oxygen atoms in total. The summed E-state index contributed by atoms with van der Waals surface area (Å²) in [6.45, 7) is 3.38. The van der Waals surface area contributed by atoms with Gasteiger partial charge in [-0.15, -0.1) is 0 Å². The van der Waals surface area contributed by atoms with Gasteiger partial charge in [0.2, 0.25) is 0 Å². The molecule has 2 aliphatic rings. The second kappa shape index (κ2) is 5.66. The van der Waals surface area contributed by atoms with Crippen molar-refractivity contribution >= 4 is 11.8 Å². The number of thioether (sulfide) groups is 1. The lowest BCUT2D eigenvalue weighted by molar-refractivity contribution is 0.428. The number of nitrogens with one attached hydrogen (secondary N) is 1. The molecule has 2 unspecified atom stereocenters. The minimum Gasteiger partial charge on any atom is -0.309 e. The van der Waals surface area contributed by atoms with Crippen molar-refractivity contribution < 1.29 is 0 Å². The molecule has 18 heavy (non-hydrogen) atoms. The van der Waals surface area contributed by atoms with Crippen LogP contribution in [0.1, 0.15) is 36.4 Å². The summed E-state index contributed by atoms with van der Waals surface area (Å²) in [5.74, 6) is 4.52. The Bertz CT molecular complexity index is 377. The third-order valence-corrected chi connectivity index (χ3v) is 5.41. The van der Waals surface area contributed by atoms with Gasteiger partial charge < -0.3 is 5.32 Å². The average Bonchev–Trinajstić information content (AvgIpc) is 3.08. The zero-order valence-electron chi connectivity index (χ0n) is 11.2. The van der Waals surface area contributed by atoms with E-state index < -0.39 is 0 Å². The highest BCUT2D eigenvalue weighted by Gasteiger charge is 2.32. The summed E-state index contributed by atoms with van der Waals surface area (Å²) in [7, 11) is 0. The highest BCUT2D eigenvalue weighted by Crippen LogP contribution is 2.41. The Labute approximate surface area is 115 Å². The number of hydrogen-bond donors (Lipinski definition) is 1. The second-order valence-electron chi connectivity index (χ2n) is 5.86. The zero-order chi connectivity index (χ0) is 12.4. The molecule has 0 aromatic heterocycles. The molecule has 1 aromatic carbocycles. The van der Waals surface area contributed by atoms with Gasteiger partial charge in [0.25, 0.3) is 0 Å². The van der Waals surface area contributed by atoms with Crippen LogP contribution in [0.4, 0.5) is 0 Å². The summed E-state index contributed by atoms with van der Waals surface area (Å²) >= 11 is 2.12. The normalized spacial score (nSPS) is 25.3. The summed E-state index contributed by atoms with van der Waals surface area (Å²) in [5.41, 5.74) is 2.86. The molecule has 1 saturated carbocycles. The van der Waals surface area contributed by atoms with E-state index in [1.165, 1.54) is 48.4 Å². The van der Waals surface area contributed by atoms with Crippen molar-refractivity contribution in [3.05, 3.63) is 35.4 Å². The molecule has 1 aliphatic heterocycles. The largest absolute Gasteiger partial charge is 0.309 e. The standard InChI is InChI=1S/C16H23NS/c1-12-2-4-14(5-3-12)16(15-6-7-15)17-10-13-8-9-18-11-13/h2-5,13,15-17H,6-11H2,1H3. The average molecular weight is 261 g/mol. The van der Waals surface area contributed by atoms with Crippen LogP contribution in [0.15, 0.2) is 24.3 Å². The molecule has 2 atom stereocenters. The van der Waals surface area contributed by atoms with E-state index in [-0.39, 0.29) is 0 Å². The van der Waals surface area contributed by atoms with Crippen LogP contribution in [0, 0.1) is 18.8 Å². The Morgan fingerprint density at radius 1 is 1.22 bits per heavy atom. The first-order valence-electron chi connectivity index (χ1n) is 7.20. The fourth-order valence-corrected chi connectivity index (χ4v) is 4.08. The number of hydrogen-bond acceptors (Lipinski definition) is 2. The molecule has 0 radical (unpaired) electrons. The van der Waals surface area contributed by atoms with Gasteiger partial charge in [0, 0.05) is 6.04 Å². The van der Waals surface area contributed by atoms with Gasteiger partial charge in [0.05, 0.1) is 0 Å². The molecule has 0 spiro atoms. The maximum absolute atomic E-state index is 3.85. The minimum absolute atomic E-state index is 0.608. The van der Waals surface area contributed by atoms with Crippen LogP contribution < -0.4 is 5.32 Å². The molecule has 0 bridgehead atoms. The number of benzene rings is 1. The molecule has 2 fully saturated rings. The van der Waals surface area contributed by atoms with Crippen LogP contribution in [0.2, 0.25) is 0 Å². The quantitative estimate of drug-likeness (QED) is 0.865. The summed E-state index contributed by atoms with van der Waals surface area (Å²) < 4.78 is 0. The van der Waals surface area contributed by atoms with Gasteiger partial charge >= 0.3 is 0 Å². The Kier molecular flexibility index (Phi) is 3.95. The highest BCUT2D eigenvalue weighted by atomic mass is 32.2. The molecule has 1 N–H and O–H groups in total. The first-order valence-corrected chi connectivity index (χ1v) is 8.36. The topological polar surface area (TPSA) is 12.0 Å². The Morgan fingerprint density at radius 2 is 2.00 bits per heavy atom. The zero-order valence-corrected chi connectivity index (χ0v) is 12.0. The summed E-state index contributed by atoms with van der Waals surface area (Å²) in [4.78, 5) is 0. The monoisotopic (exact) mass is 261 g/mol. The van der Waals surface area contributed by atoms with Crippen molar-refractivity contribution in [3.8, 4) is 0 Å². The van der Waals surface area contributed by atoms with E-state index in [2.05, 4.69) is 48.3 Å². The van der Waals surface area contributed by atoms with E-state index in [1.54, 1.807) is 0 Å². The van der Waals surface area contributed by atoms with Crippen molar-refractivity contribution in [2.75, 3.05) is 18.1 Å². The smallest absolute Gasteiger partial charge is 0.0348 e. The highest BCUT2D eigenvalue weighted by molar-refractivity contribution is 7.99. The van der Waals surface area contributed by atoms with Crippen molar-refractivity contribution in [3.63, 3.8) is 0 Å². The lowest BCUT2D eigenvalue weighted by Gasteiger charge is -2.21. The SMILES string of the molecule is Cc1ccc(C(NCC2CCSC2)C2CC2)cc1. The summed E-state index contributed by atoms with van der Waals surface area (Å²) in [5, 5.41) is 3.85. The van der Waals surface area contributed by atoms with E-state index in [9.17, 15) is 0 Å². The maximum Gasteiger partial charge on any atom is 0.0348 e. The van der Waals surface area contributed by atoms with E-state index in [4.69, 9.17) is 0 Å². The van der Waals surface area contributed by atoms with Crippen molar-refractivity contribution in [1.82, 2.24) is 5.32 Å². The Balaban J connectivity index is 1.62. The fourth-order valence-electron chi connectivity index (χ4n) is 2.80. The fraction of sp³-hybridized carbons (Fsp3) is 0.625. The first-order chi connectivity index (χ1) is 8.83. The number of rotatable bonds is 5. The molecule has 1 aromatic rings. The van der Waals surface area contributed by atoms with Gasteiger partial charge in [0.15, 0.2) is 0 Å². The third-order valence-electron chi connectivity index (χ3n) is 4.18. The second-order valence-corrected chi connectivity index (χ2v) is 7.01. The van der Waals surface area contributed by atoms with E-state index in [1.807, 2.05) is 0 Å². The van der Waals surface area contributed by atoms with Crippen LogP contribution in [0.3, 0.4) is 0 Å². The van der Waals surface area contributed by atoms with Crippen LogP contribution in [0.25, 0.3) is 0 Å². The molecular formula is C16H23NS. The van der Waals surface area contributed by atoms with Gasteiger partial charge in [-0.3, -0.25) is 0 Å². The molecule has 2 heteroatoms. The van der Waals surface area contributed by atoms with Crippen molar-refractivity contribution in [1.29, 1.82) is 0 Å². The predicted molar refractivity (Wildman–Crippen MR) is 80.1 cm³/mol. The summed E-state index contributed by atoms with van der Waals surface area (Å²) in [6.07, 6.45) is 4.22. The lowest BCUT2D eigenvalue weighted by Crippen LogP contribution is -2.28. The Morgan fingerprint density at radius 3 is 2.61 bits per heavy atom. The van der Waals surface area contributed by atoms with Gasteiger partial charge in [-0.05, 0) is 61.6 Å². The molecule has 3 rings (SSSR count). The van der Waals surface area contributed by atoms with Gasteiger partial charge in [0.1, 0.15) is 0 Å². The molecule has 1 saturated heterocycles. The predicted octanol–water partition coefficient (Wildman–Crippen LogP) is 3.79. The number of aryl methyl sites for hydroxylation is 1. The molecule has 1 aliphatic carbocycles. The summed E-state index contributed by atoms with van der Waals surface area (Å²) in [6, 6.07) is 9.73. The molecular weight excluding hydrogens is 238 g/mol. The third kappa shape index (κ3) is 3.10. The van der Waals surface area contributed by atoms with Crippen LogP contribution >= 0.6 is 11.8 Å². The minimum atomic E-state index is 0.608. The van der Waals surface area contributed by atoms with Crippen LogP contribution in [0.5, 0.6) is 0 Å². The lowest BCUT2D eigenvalue weighted by atomic mass is 10.00. The van der Waals surface area contributed by atoms with Crippen LogP contribution in [-0.2, 0) is 0 Å². The van der Waals surface area contributed by atoms with E-state index in [0.29, 0.717) is 6.04 Å². The van der Waals surface area contributed by atoms with E-state index in [0.717, 1.165) is 11.8 Å². The maximum atomic E-state index is 3.85. The first kappa shape index (κ1) is 12.6. The van der Waals surface area contributed by atoms with E-state index >= 15 is 0 Å². The van der Waals surface area contributed by atoms with Crippen LogP contribution in [-0.4, -0.2) is 18.1 Å². The Hall–Kier alpha value is -0.470. The van der Waals surface area contributed by atoms with Crippen molar-refractivity contribution in [2.24, 2.45) is 11.8 Å². The molecule has 98 valence electrons. The van der Waals surface area contributed by atoms with Gasteiger partial charge in [-0.2, -0.15) is 11.8 Å². The van der Waals surface area contributed by atoms with Gasteiger partial charge in [-0.25, -0.2) is 0 Å². The molecule has 0 amide bonds. The molecule has 1 heterocycles.